The molecule has 1 aliphatic heterocycles. The minimum atomic E-state index is -1.16. The van der Waals surface area contributed by atoms with Crippen molar-refractivity contribution in [3.63, 3.8) is 0 Å². The van der Waals surface area contributed by atoms with E-state index in [0.717, 1.165) is 16.7 Å². The quantitative estimate of drug-likeness (QED) is 0.371. The number of aromatic nitrogens is 1. The molecular weight excluding hydrogens is 576 g/mol. The van der Waals surface area contributed by atoms with E-state index in [1.807, 2.05) is 18.2 Å². The molecule has 10 heteroatoms. The van der Waals surface area contributed by atoms with Gasteiger partial charge in [0.25, 0.3) is 5.56 Å². The number of carbonyl (C=O) groups is 1. The third-order valence-electron chi connectivity index (χ3n) is 5.30. The van der Waals surface area contributed by atoms with E-state index in [1.54, 1.807) is 37.3 Å². The highest BCUT2D eigenvalue weighted by Gasteiger charge is 2.34. The van der Waals surface area contributed by atoms with Crippen molar-refractivity contribution in [1.82, 2.24) is 4.57 Å². The van der Waals surface area contributed by atoms with E-state index in [9.17, 15) is 19.8 Å². The predicted octanol–water partition coefficient (Wildman–Crippen LogP) is 4.30. The van der Waals surface area contributed by atoms with Crippen LogP contribution < -0.4 is 14.9 Å². The van der Waals surface area contributed by atoms with E-state index in [1.165, 1.54) is 4.57 Å². The van der Waals surface area contributed by atoms with Crippen molar-refractivity contribution < 1.29 is 19.4 Å². The molecule has 0 bridgehead atoms. The Bertz CT molecular complexity index is 1620. The molecule has 0 fully saturated rings. The molecule has 7 nitrogen and oxygen atoms in total. The molecule has 2 aromatic heterocycles. The zero-order valence-electron chi connectivity index (χ0n) is 16.9. The Kier molecular flexibility index (Phi) is 5.38. The standard InChI is InChI=1S/C23H14Br2N2O5S/c1-10-18(22(30)31)19(16-9-12-4-2-3-5-15(12)32-16)27-21(29)17(33-23(27)26-10)8-11-6-13(24)20(28)14(25)7-11/h2-9,19,28H,1H3,(H,30,31). The first-order valence-corrected chi connectivity index (χ1v) is 12.1. The van der Waals surface area contributed by atoms with Gasteiger partial charge < -0.3 is 14.6 Å². The average Bonchev–Trinajstić information content (AvgIpc) is 3.32. The zero-order chi connectivity index (χ0) is 23.4. The number of phenolic OH excluding ortho intramolecular Hbond substituents is 1. The number of allylic oxidation sites excluding steroid dienone is 1. The lowest BCUT2D eigenvalue weighted by atomic mass is 10.0. The van der Waals surface area contributed by atoms with Crippen LogP contribution in [0.3, 0.4) is 0 Å². The van der Waals surface area contributed by atoms with Crippen LogP contribution in [-0.2, 0) is 4.79 Å². The molecule has 0 amide bonds. The molecule has 5 rings (SSSR count). The Morgan fingerprint density at radius 3 is 2.58 bits per heavy atom. The third kappa shape index (κ3) is 3.68. The van der Waals surface area contributed by atoms with Crippen molar-refractivity contribution in [1.29, 1.82) is 0 Å². The number of rotatable bonds is 3. The van der Waals surface area contributed by atoms with Gasteiger partial charge in [0.1, 0.15) is 23.1 Å². The number of thiazole rings is 1. The largest absolute Gasteiger partial charge is 0.506 e. The summed E-state index contributed by atoms with van der Waals surface area (Å²) in [5.74, 6) is -0.756. The van der Waals surface area contributed by atoms with Gasteiger partial charge in [-0.15, -0.1) is 0 Å². The number of fused-ring (bicyclic) bond motifs is 2. The van der Waals surface area contributed by atoms with Gasteiger partial charge in [-0.1, -0.05) is 29.5 Å². The van der Waals surface area contributed by atoms with E-state index >= 15 is 0 Å². The number of aliphatic carboxylic acids is 1. The van der Waals surface area contributed by atoms with Crippen LogP contribution in [0.5, 0.6) is 5.75 Å². The van der Waals surface area contributed by atoms with E-state index in [-0.39, 0.29) is 16.9 Å². The molecule has 0 saturated heterocycles. The maximum Gasteiger partial charge on any atom is 0.336 e. The summed E-state index contributed by atoms with van der Waals surface area (Å²) in [6, 6.07) is 11.5. The van der Waals surface area contributed by atoms with Gasteiger partial charge in [0, 0.05) is 5.39 Å². The number of benzene rings is 2. The normalized spacial score (nSPS) is 16.2. The van der Waals surface area contributed by atoms with Crippen molar-refractivity contribution in [3.05, 3.63) is 93.7 Å². The molecule has 1 aliphatic rings. The Hall–Kier alpha value is -2.95. The van der Waals surface area contributed by atoms with E-state index in [2.05, 4.69) is 36.9 Å². The Morgan fingerprint density at radius 2 is 1.91 bits per heavy atom. The lowest BCUT2D eigenvalue weighted by Gasteiger charge is -2.20. The SMILES string of the molecule is CC1=C(C(=O)O)C(c2cc3ccccc3o2)n2c(sc(=Cc3cc(Br)c(O)c(Br)c3)c2=O)=N1. The number of hydrogen-bond donors (Lipinski definition) is 2. The molecule has 1 unspecified atom stereocenters. The topological polar surface area (TPSA) is 105 Å². The van der Waals surface area contributed by atoms with E-state index in [0.29, 0.717) is 40.9 Å². The molecule has 166 valence electrons. The zero-order valence-corrected chi connectivity index (χ0v) is 20.9. The van der Waals surface area contributed by atoms with Gasteiger partial charge in [0.15, 0.2) is 4.80 Å². The van der Waals surface area contributed by atoms with E-state index < -0.39 is 12.0 Å². The van der Waals surface area contributed by atoms with Gasteiger partial charge in [-0.2, -0.15) is 0 Å². The lowest BCUT2D eigenvalue weighted by Crippen LogP contribution is -2.39. The predicted molar refractivity (Wildman–Crippen MR) is 131 cm³/mol. The van der Waals surface area contributed by atoms with Crippen LogP contribution in [0.4, 0.5) is 0 Å². The fourth-order valence-electron chi connectivity index (χ4n) is 3.82. The van der Waals surface area contributed by atoms with Gasteiger partial charge >= 0.3 is 5.97 Å². The number of para-hydroxylation sites is 1. The maximum absolute atomic E-state index is 13.5. The Morgan fingerprint density at radius 1 is 1.21 bits per heavy atom. The van der Waals surface area contributed by atoms with Crippen molar-refractivity contribution in [3.8, 4) is 5.75 Å². The van der Waals surface area contributed by atoms with Crippen LogP contribution in [0.2, 0.25) is 0 Å². The van der Waals surface area contributed by atoms with Crippen molar-refractivity contribution >= 4 is 66.2 Å². The maximum atomic E-state index is 13.5. The molecule has 0 aliphatic carbocycles. The van der Waals surface area contributed by atoms with Gasteiger partial charge in [-0.3, -0.25) is 9.36 Å². The summed E-state index contributed by atoms with van der Waals surface area (Å²) in [7, 11) is 0. The number of halogens is 2. The molecule has 0 spiro atoms. The highest BCUT2D eigenvalue weighted by atomic mass is 79.9. The average molecular weight is 590 g/mol. The van der Waals surface area contributed by atoms with Crippen LogP contribution >= 0.6 is 43.2 Å². The number of nitrogens with zero attached hydrogens (tertiary/aromatic N) is 2. The van der Waals surface area contributed by atoms with Gasteiger partial charge in [0.2, 0.25) is 0 Å². The fourth-order valence-corrected chi connectivity index (χ4v) is 6.09. The second-order valence-electron chi connectivity index (χ2n) is 7.41. The first kappa shape index (κ1) is 21.9. The first-order chi connectivity index (χ1) is 15.7. The van der Waals surface area contributed by atoms with Gasteiger partial charge in [0.05, 0.1) is 24.7 Å². The van der Waals surface area contributed by atoms with E-state index in [4.69, 9.17) is 4.42 Å². The molecule has 2 N–H and O–H groups in total. The number of carboxylic acid groups (broad SMARTS) is 1. The van der Waals surface area contributed by atoms with Crippen LogP contribution in [0.1, 0.15) is 24.3 Å². The number of hydrogen-bond acceptors (Lipinski definition) is 6. The molecular formula is C23H14Br2N2O5S. The Labute approximate surface area is 206 Å². The van der Waals surface area contributed by atoms with Crippen LogP contribution in [0, 0.1) is 0 Å². The van der Waals surface area contributed by atoms with Gasteiger partial charge in [-0.25, -0.2) is 9.79 Å². The van der Waals surface area contributed by atoms with Crippen molar-refractivity contribution in [2.24, 2.45) is 4.99 Å². The molecule has 33 heavy (non-hydrogen) atoms. The van der Waals surface area contributed by atoms with Crippen LogP contribution in [0.15, 0.2) is 76.9 Å². The lowest BCUT2D eigenvalue weighted by molar-refractivity contribution is -0.133. The number of carboxylic acids is 1. The summed E-state index contributed by atoms with van der Waals surface area (Å²) in [6.45, 7) is 1.62. The van der Waals surface area contributed by atoms with Gasteiger partial charge in [-0.05, 0) is 74.7 Å². The highest BCUT2D eigenvalue weighted by molar-refractivity contribution is 9.11. The minimum Gasteiger partial charge on any atom is -0.506 e. The summed E-state index contributed by atoms with van der Waals surface area (Å²) in [5.41, 5.74) is 1.20. The van der Waals surface area contributed by atoms with Crippen molar-refractivity contribution in [2.45, 2.75) is 13.0 Å². The fraction of sp³-hybridized carbons (Fsp3) is 0.0870. The highest BCUT2D eigenvalue weighted by Crippen LogP contribution is 2.34. The Balaban J connectivity index is 1.76. The molecule has 2 aromatic carbocycles. The second-order valence-corrected chi connectivity index (χ2v) is 10.1. The summed E-state index contributed by atoms with van der Waals surface area (Å²) in [6.07, 6.45) is 1.67. The van der Waals surface area contributed by atoms with Crippen LogP contribution in [-0.4, -0.2) is 20.7 Å². The molecule has 3 heterocycles. The summed E-state index contributed by atoms with van der Waals surface area (Å²) < 4.78 is 8.66. The smallest absolute Gasteiger partial charge is 0.336 e. The summed E-state index contributed by atoms with van der Waals surface area (Å²) >= 11 is 7.74. The van der Waals surface area contributed by atoms with Crippen LogP contribution in [0.25, 0.3) is 17.0 Å². The molecule has 0 saturated carbocycles. The summed E-state index contributed by atoms with van der Waals surface area (Å²) in [4.78, 5) is 30.5. The number of phenols is 1. The first-order valence-electron chi connectivity index (χ1n) is 9.67. The number of furan rings is 1. The molecule has 0 radical (unpaired) electrons. The number of aromatic hydroxyl groups is 1. The molecule has 1 atom stereocenters. The third-order valence-corrected chi connectivity index (χ3v) is 7.50. The summed E-state index contributed by atoms with van der Waals surface area (Å²) in [5, 5.41) is 20.7. The molecule has 4 aromatic rings. The minimum absolute atomic E-state index is 0.0110. The monoisotopic (exact) mass is 588 g/mol. The second kappa shape index (κ2) is 8.12. The van der Waals surface area contributed by atoms with Crippen molar-refractivity contribution in [2.75, 3.05) is 0 Å².